The molecule has 1 fully saturated rings. The molecule has 0 aromatic heterocycles. The van der Waals surface area contributed by atoms with Crippen LogP contribution in [0.3, 0.4) is 0 Å². The summed E-state index contributed by atoms with van der Waals surface area (Å²) >= 11 is 0. The van der Waals surface area contributed by atoms with Crippen LogP contribution in [0.15, 0.2) is 24.3 Å². The molecule has 1 aliphatic carbocycles. The van der Waals surface area contributed by atoms with Gasteiger partial charge in [0.25, 0.3) is 0 Å². The molecule has 0 bridgehead atoms. The zero-order valence-electron chi connectivity index (χ0n) is 8.84. The van der Waals surface area contributed by atoms with E-state index in [1.165, 1.54) is 11.1 Å². The molecule has 0 heterocycles. The van der Waals surface area contributed by atoms with Gasteiger partial charge in [-0.05, 0) is 24.5 Å². The van der Waals surface area contributed by atoms with Crippen LogP contribution in [-0.4, -0.2) is 5.78 Å². The second-order valence-corrected chi connectivity index (χ2v) is 4.59. The number of aryl methyl sites for hydroxylation is 1. The van der Waals surface area contributed by atoms with E-state index in [9.17, 15) is 4.79 Å². The van der Waals surface area contributed by atoms with Gasteiger partial charge in [0.1, 0.15) is 5.78 Å². The molecule has 74 valence electrons. The zero-order chi connectivity index (χ0) is 10.2. The first-order chi connectivity index (χ1) is 6.62. The Hall–Kier alpha value is -1.11. The number of carbonyl (C=O) groups is 1. The van der Waals surface area contributed by atoms with Gasteiger partial charge < -0.3 is 0 Å². The van der Waals surface area contributed by atoms with Crippen molar-refractivity contribution in [1.29, 1.82) is 0 Å². The minimum atomic E-state index is 0.0996. The van der Waals surface area contributed by atoms with Gasteiger partial charge in [0.15, 0.2) is 0 Å². The van der Waals surface area contributed by atoms with Gasteiger partial charge in [0.2, 0.25) is 0 Å². The Bertz CT molecular complexity index is 367. The SMILES string of the molecule is Cc1ccccc1C1(C)CCC(=O)C1. The zero-order valence-corrected chi connectivity index (χ0v) is 8.84. The number of rotatable bonds is 1. The van der Waals surface area contributed by atoms with Crippen molar-refractivity contribution < 1.29 is 4.79 Å². The molecule has 0 saturated heterocycles. The first kappa shape index (κ1) is 9.45. The van der Waals surface area contributed by atoms with Crippen molar-refractivity contribution in [1.82, 2.24) is 0 Å². The molecule has 1 unspecified atom stereocenters. The monoisotopic (exact) mass is 188 g/mol. The van der Waals surface area contributed by atoms with Crippen molar-refractivity contribution >= 4 is 5.78 Å². The maximum absolute atomic E-state index is 11.3. The molecule has 0 amide bonds. The van der Waals surface area contributed by atoms with Crippen molar-refractivity contribution in [2.24, 2.45) is 0 Å². The summed E-state index contributed by atoms with van der Waals surface area (Å²) in [6, 6.07) is 8.41. The van der Waals surface area contributed by atoms with Crippen molar-refractivity contribution in [3.05, 3.63) is 35.4 Å². The average molecular weight is 188 g/mol. The van der Waals surface area contributed by atoms with Crippen LogP contribution in [0.5, 0.6) is 0 Å². The molecule has 14 heavy (non-hydrogen) atoms. The number of hydrogen-bond acceptors (Lipinski definition) is 1. The highest BCUT2D eigenvalue weighted by Crippen LogP contribution is 2.39. The van der Waals surface area contributed by atoms with Crippen LogP contribution in [0.2, 0.25) is 0 Å². The van der Waals surface area contributed by atoms with Gasteiger partial charge in [-0.2, -0.15) is 0 Å². The summed E-state index contributed by atoms with van der Waals surface area (Å²) in [6.45, 7) is 4.34. The normalized spacial score (nSPS) is 26.9. The Morgan fingerprint density at radius 2 is 2.00 bits per heavy atom. The maximum Gasteiger partial charge on any atom is 0.133 e. The summed E-state index contributed by atoms with van der Waals surface area (Å²) in [4.78, 5) is 11.3. The summed E-state index contributed by atoms with van der Waals surface area (Å²) in [5.74, 6) is 0.413. The summed E-state index contributed by atoms with van der Waals surface area (Å²) in [5, 5.41) is 0. The van der Waals surface area contributed by atoms with E-state index in [4.69, 9.17) is 0 Å². The highest BCUT2D eigenvalue weighted by molar-refractivity contribution is 5.82. The van der Waals surface area contributed by atoms with E-state index in [0.29, 0.717) is 5.78 Å². The van der Waals surface area contributed by atoms with Crippen LogP contribution in [-0.2, 0) is 10.2 Å². The Balaban J connectivity index is 2.40. The van der Waals surface area contributed by atoms with Crippen molar-refractivity contribution in [3.8, 4) is 0 Å². The van der Waals surface area contributed by atoms with Gasteiger partial charge in [-0.15, -0.1) is 0 Å². The summed E-state index contributed by atoms with van der Waals surface area (Å²) in [6.07, 6.45) is 2.49. The first-order valence-corrected chi connectivity index (χ1v) is 5.20. The summed E-state index contributed by atoms with van der Waals surface area (Å²) in [7, 11) is 0. The van der Waals surface area contributed by atoms with E-state index in [0.717, 1.165) is 19.3 Å². The number of Topliss-reactive ketones (excluding diaryl/α,β-unsaturated/α-hetero) is 1. The molecule has 0 N–H and O–H groups in total. The molecule has 0 spiro atoms. The quantitative estimate of drug-likeness (QED) is 0.662. The fraction of sp³-hybridized carbons (Fsp3) is 0.462. The molecule has 1 aromatic carbocycles. The van der Waals surface area contributed by atoms with E-state index < -0.39 is 0 Å². The van der Waals surface area contributed by atoms with Crippen molar-refractivity contribution in [2.45, 2.75) is 38.5 Å². The first-order valence-electron chi connectivity index (χ1n) is 5.20. The predicted octanol–water partition coefficient (Wildman–Crippen LogP) is 3.01. The minimum Gasteiger partial charge on any atom is -0.300 e. The third-order valence-electron chi connectivity index (χ3n) is 3.34. The Labute approximate surface area is 85.1 Å². The van der Waals surface area contributed by atoms with Crippen LogP contribution >= 0.6 is 0 Å². The van der Waals surface area contributed by atoms with Crippen LogP contribution in [0.4, 0.5) is 0 Å². The van der Waals surface area contributed by atoms with Crippen LogP contribution in [0.25, 0.3) is 0 Å². The van der Waals surface area contributed by atoms with E-state index in [1.807, 2.05) is 0 Å². The molecule has 1 heteroatoms. The number of ketones is 1. The number of benzene rings is 1. The molecule has 1 aromatic rings. The lowest BCUT2D eigenvalue weighted by atomic mass is 9.79. The molecule has 1 saturated carbocycles. The largest absolute Gasteiger partial charge is 0.300 e. The Morgan fingerprint density at radius 3 is 2.57 bits per heavy atom. The molecular formula is C13H16O. The summed E-state index contributed by atoms with van der Waals surface area (Å²) < 4.78 is 0. The lowest BCUT2D eigenvalue weighted by molar-refractivity contribution is -0.117. The predicted molar refractivity (Wildman–Crippen MR) is 57.4 cm³/mol. The van der Waals surface area contributed by atoms with E-state index >= 15 is 0 Å². The lowest BCUT2D eigenvalue weighted by Crippen LogP contribution is -2.19. The standard InChI is InChI=1S/C13H16O/c1-10-5-3-4-6-12(10)13(2)8-7-11(14)9-13/h3-6H,7-9H2,1-2H3. The molecule has 0 radical (unpaired) electrons. The molecule has 1 nitrogen and oxygen atoms in total. The van der Waals surface area contributed by atoms with Gasteiger partial charge >= 0.3 is 0 Å². The highest BCUT2D eigenvalue weighted by atomic mass is 16.1. The van der Waals surface area contributed by atoms with Crippen molar-refractivity contribution in [3.63, 3.8) is 0 Å². The van der Waals surface area contributed by atoms with Gasteiger partial charge in [0, 0.05) is 18.3 Å². The van der Waals surface area contributed by atoms with E-state index in [-0.39, 0.29) is 5.41 Å². The molecule has 1 atom stereocenters. The summed E-state index contributed by atoms with van der Waals surface area (Å²) in [5.41, 5.74) is 2.76. The minimum absolute atomic E-state index is 0.0996. The fourth-order valence-electron chi connectivity index (χ4n) is 2.51. The Kier molecular flexibility index (Phi) is 2.18. The maximum atomic E-state index is 11.3. The van der Waals surface area contributed by atoms with Crippen LogP contribution in [0, 0.1) is 6.92 Å². The Morgan fingerprint density at radius 1 is 1.29 bits per heavy atom. The molecule has 0 aliphatic heterocycles. The van der Waals surface area contributed by atoms with Gasteiger partial charge in [-0.3, -0.25) is 4.79 Å². The van der Waals surface area contributed by atoms with Crippen molar-refractivity contribution in [2.75, 3.05) is 0 Å². The number of carbonyl (C=O) groups excluding carboxylic acids is 1. The van der Waals surface area contributed by atoms with E-state index in [1.54, 1.807) is 0 Å². The van der Waals surface area contributed by atoms with Gasteiger partial charge in [-0.25, -0.2) is 0 Å². The second-order valence-electron chi connectivity index (χ2n) is 4.59. The van der Waals surface area contributed by atoms with Crippen LogP contribution < -0.4 is 0 Å². The fourth-order valence-corrected chi connectivity index (χ4v) is 2.51. The second kappa shape index (κ2) is 3.23. The molecular weight excluding hydrogens is 172 g/mol. The van der Waals surface area contributed by atoms with E-state index in [2.05, 4.69) is 38.1 Å². The number of hydrogen-bond donors (Lipinski definition) is 0. The highest BCUT2D eigenvalue weighted by Gasteiger charge is 2.36. The van der Waals surface area contributed by atoms with Gasteiger partial charge in [0.05, 0.1) is 0 Å². The third kappa shape index (κ3) is 1.47. The molecule has 2 rings (SSSR count). The topological polar surface area (TPSA) is 17.1 Å². The smallest absolute Gasteiger partial charge is 0.133 e. The van der Waals surface area contributed by atoms with Crippen LogP contribution in [0.1, 0.15) is 37.3 Å². The third-order valence-corrected chi connectivity index (χ3v) is 3.34. The molecule has 1 aliphatic rings. The average Bonchev–Trinajstić information content (AvgIpc) is 2.48. The lowest BCUT2D eigenvalue weighted by Gasteiger charge is -2.25. The van der Waals surface area contributed by atoms with Gasteiger partial charge in [-0.1, -0.05) is 31.2 Å².